The summed E-state index contributed by atoms with van der Waals surface area (Å²) in [6.07, 6.45) is 1.91. The van der Waals surface area contributed by atoms with E-state index in [0.717, 1.165) is 12.3 Å². The second kappa shape index (κ2) is 5.44. The summed E-state index contributed by atoms with van der Waals surface area (Å²) in [5, 5.41) is 18.4. The van der Waals surface area contributed by atoms with E-state index in [1.807, 2.05) is 0 Å². The molecule has 0 fully saturated rings. The van der Waals surface area contributed by atoms with Crippen LogP contribution in [0.1, 0.15) is 0 Å². The predicted molar refractivity (Wildman–Crippen MR) is 74.4 cm³/mol. The van der Waals surface area contributed by atoms with E-state index in [9.17, 15) is 14.7 Å². The molecule has 1 amide bonds. The lowest BCUT2D eigenvalue weighted by molar-refractivity contribution is -0.132. The Labute approximate surface area is 122 Å². The molecule has 2 rings (SSSR count). The number of phenolic OH excluding ortho intramolecular Hbond substituents is 1. The number of halogens is 2. The molecule has 1 aliphatic rings. The molecule has 0 aromatic heterocycles. The molecule has 0 radical (unpaired) electrons. The van der Waals surface area contributed by atoms with Gasteiger partial charge in [-0.15, -0.1) is 0 Å². The van der Waals surface area contributed by atoms with Crippen molar-refractivity contribution in [3.05, 3.63) is 33.8 Å². The Balaban J connectivity index is 2.50. The Hall–Kier alpha value is -2.18. The zero-order chi connectivity index (χ0) is 14.9. The van der Waals surface area contributed by atoms with Gasteiger partial charge in [0.2, 0.25) is 0 Å². The maximum absolute atomic E-state index is 11.1. The molecule has 0 saturated carbocycles. The zero-order valence-electron chi connectivity index (χ0n) is 9.67. The number of amides is 1. The van der Waals surface area contributed by atoms with Crippen molar-refractivity contribution in [2.75, 3.05) is 0 Å². The molecule has 2 N–H and O–H groups in total. The van der Waals surface area contributed by atoms with E-state index in [-0.39, 0.29) is 32.8 Å². The van der Waals surface area contributed by atoms with Crippen molar-refractivity contribution in [2.45, 2.75) is 0 Å². The van der Waals surface area contributed by atoms with E-state index >= 15 is 0 Å². The van der Waals surface area contributed by atoms with Crippen LogP contribution < -0.4 is 0 Å². The fourth-order valence-electron chi connectivity index (χ4n) is 1.45. The number of nitrogens with zero attached hydrogens (tertiary/aromatic N) is 2. The minimum atomic E-state index is -1.31. The van der Waals surface area contributed by atoms with Gasteiger partial charge in [0.15, 0.2) is 5.75 Å². The summed E-state index contributed by atoms with van der Waals surface area (Å²) in [6.45, 7) is 0. The highest BCUT2D eigenvalue weighted by atomic mass is 35.5. The summed E-state index contributed by atoms with van der Waals surface area (Å²) >= 11 is 11.5. The number of dihydropyridines is 1. The lowest BCUT2D eigenvalue weighted by atomic mass is 10.1. The van der Waals surface area contributed by atoms with Crippen LogP contribution in [0.5, 0.6) is 5.75 Å². The summed E-state index contributed by atoms with van der Waals surface area (Å²) in [6, 6.07) is 2.61. The van der Waals surface area contributed by atoms with Gasteiger partial charge in [-0.2, -0.15) is 0 Å². The summed E-state index contributed by atoms with van der Waals surface area (Å²) in [5.41, 5.74) is -0.0824. The molecule has 1 aromatic carbocycles. The van der Waals surface area contributed by atoms with E-state index in [1.54, 1.807) is 0 Å². The highest BCUT2D eigenvalue weighted by Crippen LogP contribution is 2.35. The van der Waals surface area contributed by atoms with Gasteiger partial charge in [-0.25, -0.2) is 14.8 Å². The number of aliphatic imine (C=N–C) groups is 2. The molecule has 8 heteroatoms. The normalized spacial score (nSPS) is 16.4. The maximum atomic E-state index is 11.1. The Morgan fingerprint density at radius 1 is 1.25 bits per heavy atom. The molecule has 6 nitrogen and oxygen atoms in total. The fraction of sp³-hybridized carbons (Fsp3) is 0. The third-order valence-corrected chi connectivity index (χ3v) is 2.92. The largest absolute Gasteiger partial charge is 0.505 e. The van der Waals surface area contributed by atoms with Crippen LogP contribution in [0.4, 0.5) is 5.69 Å². The first kappa shape index (κ1) is 14.2. The third kappa shape index (κ3) is 2.87. The quantitative estimate of drug-likeness (QED) is 0.875. The third-order valence-electron chi connectivity index (χ3n) is 2.34. The topological polar surface area (TPSA) is 99.3 Å². The van der Waals surface area contributed by atoms with Crippen molar-refractivity contribution in [2.24, 2.45) is 9.98 Å². The Morgan fingerprint density at radius 3 is 2.40 bits per heavy atom. The number of carboxylic acid groups (broad SMARTS) is 1. The van der Waals surface area contributed by atoms with Crippen molar-refractivity contribution in [3.8, 4) is 5.75 Å². The van der Waals surface area contributed by atoms with Gasteiger partial charge < -0.3 is 10.2 Å². The minimum Gasteiger partial charge on any atom is -0.505 e. The smallest absolute Gasteiger partial charge is 0.338 e. The number of hydrogen-bond acceptors (Lipinski definition) is 4. The number of carbonyl (C=O) groups is 2. The number of carbonyl (C=O) groups excluding carboxylic acids is 1. The van der Waals surface area contributed by atoms with Gasteiger partial charge in [0.25, 0.3) is 5.91 Å². The zero-order valence-corrected chi connectivity index (χ0v) is 11.2. The van der Waals surface area contributed by atoms with Crippen molar-refractivity contribution in [1.82, 2.24) is 0 Å². The number of benzene rings is 1. The van der Waals surface area contributed by atoms with Gasteiger partial charge >= 0.3 is 5.97 Å². The molecule has 0 aliphatic carbocycles. The molecule has 0 unspecified atom stereocenters. The van der Waals surface area contributed by atoms with Crippen molar-refractivity contribution in [3.63, 3.8) is 0 Å². The van der Waals surface area contributed by atoms with Crippen LogP contribution >= 0.6 is 23.2 Å². The minimum absolute atomic E-state index is 0.0186. The Kier molecular flexibility index (Phi) is 3.87. The second-order valence-corrected chi connectivity index (χ2v) is 4.53. The molecule has 0 saturated heterocycles. The first-order valence-electron chi connectivity index (χ1n) is 5.18. The van der Waals surface area contributed by atoms with Crippen molar-refractivity contribution < 1.29 is 19.8 Å². The van der Waals surface area contributed by atoms with Gasteiger partial charge in [-0.1, -0.05) is 23.2 Å². The molecular weight excluding hydrogens is 307 g/mol. The Bertz CT molecular complexity index is 684. The monoisotopic (exact) mass is 312 g/mol. The van der Waals surface area contributed by atoms with Crippen LogP contribution in [0.3, 0.4) is 0 Å². The number of phenols is 1. The first-order valence-corrected chi connectivity index (χ1v) is 5.94. The van der Waals surface area contributed by atoms with Gasteiger partial charge in [0.05, 0.1) is 33.2 Å². The summed E-state index contributed by atoms with van der Waals surface area (Å²) in [7, 11) is 0. The van der Waals surface area contributed by atoms with Crippen molar-refractivity contribution >= 4 is 52.7 Å². The fourth-order valence-corrected chi connectivity index (χ4v) is 1.92. The van der Waals surface area contributed by atoms with Crippen LogP contribution in [-0.4, -0.2) is 34.0 Å². The summed E-state index contributed by atoms with van der Waals surface area (Å²) in [5.74, 6) is -2.28. The lowest BCUT2D eigenvalue weighted by Crippen LogP contribution is -2.19. The number of aliphatic carboxylic acids is 1. The molecule has 0 bridgehead atoms. The molecular formula is C12H6Cl2N2O4. The summed E-state index contributed by atoms with van der Waals surface area (Å²) in [4.78, 5) is 29.6. The molecule has 20 heavy (non-hydrogen) atoms. The highest BCUT2D eigenvalue weighted by Gasteiger charge is 2.19. The van der Waals surface area contributed by atoms with Gasteiger partial charge in [0, 0.05) is 6.08 Å². The lowest BCUT2D eigenvalue weighted by Gasteiger charge is -2.07. The maximum Gasteiger partial charge on any atom is 0.338 e. The Morgan fingerprint density at radius 2 is 1.85 bits per heavy atom. The standard InChI is InChI=1S/C12H6Cl2N2O4/c13-7-1-5(2-8(14)11(7)18)16-9-4-15-10(17)3-6(9)12(19)20/h1-4,18H,(H,19,20). The van der Waals surface area contributed by atoms with E-state index < -0.39 is 11.9 Å². The van der Waals surface area contributed by atoms with Gasteiger partial charge in [-0.05, 0) is 12.1 Å². The molecule has 1 heterocycles. The molecule has 102 valence electrons. The van der Waals surface area contributed by atoms with E-state index in [0.29, 0.717) is 0 Å². The SMILES string of the molecule is O=C1C=C(C(=O)O)C(=Nc2cc(Cl)c(O)c(Cl)c2)C=N1. The summed E-state index contributed by atoms with van der Waals surface area (Å²) < 4.78 is 0. The van der Waals surface area contributed by atoms with Crippen LogP contribution in [0.2, 0.25) is 10.0 Å². The van der Waals surface area contributed by atoms with Gasteiger partial charge in [0.1, 0.15) is 0 Å². The number of rotatable bonds is 2. The number of aromatic hydroxyl groups is 1. The average molecular weight is 313 g/mol. The highest BCUT2D eigenvalue weighted by molar-refractivity contribution is 6.48. The molecule has 1 aliphatic heterocycles. The van der Waals surface area contributed by atoms with Crippen LogP contribution in [-0.2, 0) is 9.59 Å². The van der Waals surface area contributed by atoms with Crippen molar-refractivity contribution in [1.29, 1.82) is 0 Å². The van der Waals surface area contributed by atoms with E-state index in [4.69, 9.17) is 28.3 Å². The number of hydrogen-bond donors (Lipinski definition) is 2. The van der Waals surface area contributed by atoms with Crippen LogP contribution in [0, 0.1) is 0 Å². The molecule has 1 aromatic rings. The number of carboxylic acids is 1. The van der Waals surface area contributed by atoms with Crippen LogP contribution in [0.25, 0.3) is 0 Å². The predicted octanol–water partition coefficient (Wildman–Crippen LogP) is 2.39. The van der Waals surface area contributed by atoms with E-state index in [2.05, 4.69) is 9.98 Å². The average Bonchev–Trinajstić information content (AvgIpc) is 2.37. The first-order chi connectivity index (χ1) is 9.38. The van der Waals surface area contributed by atoms with Gasteiger partial charge in [-0.3, -0.25) is 4.79 Å². The second-order valence-electron chi connectivity index (χ2n) is 3.71. The molecule has 0 spiro atoms. The molecule has 0 atom stereocenters. The van der Waals surface area contributed by atoms with Crippen LogP contribution in [0.15, 0.2) is 33.8 Å². The van der Waals surface area contributed by atoms with E-state index in [1.165, 1.54) is 12.1 Å².